The van der Waals surface area contributed by atoms with Gasteiger partial charge in [-0.3, -0.25) is 4.79 Å². The molecule has 2 unspecified atom stereocenters. The molecule has 2 fully saturated rings. The van der Waals surface area contributed by atoms with Crippen LogP contribution < -0.4 is 4.90 Å². The summed E-state index contributed by atoms with van der Waals surface area (Å²) in [7, 11) is -3.34. The number of hydrogen-bond acceptors (Lipinski definition) is 4. The highest BCUT2D eigenvalue weighted by Crippen LogP contribution is 2.44. The first kappa shape index (κ1) is 21.4. The second-order valence-electron chi connectivity index (χ2n) is 7.22. The van der Waals surface area contributed by atoms with E-state index < -0.39 is 38.8 Å². The van der Waals surface area contributed by atoms with Crippen LogP contribution in [0.2, 0.25) is 5.02 Å². The third-order valence-electron chi connectivity index (χ3n) is 4.40. The quantitative estimate of drug-likeness (QED) is 0.690. The molecular formula is C17H18ClF3N2O3S2. The Balaban J connectivity index is 2.07. The van der Waals surface area contributed by atoms with Crippen LogP contribution in [0.1, 0.15) is 25.8 Å². The molecule has 2 atom stereocenters. The number of hydrogen-bond donors (Lipinski definition) is 0. The van der Waals surface area contributed by atoms with Gasteiger partial charge in [0.25, 0.3) is 0 Å². The van der Waals surface area contributed by atoms with Crippen molar-refractivity contribution in [2.75, 3.05) is 16.4 Å². The van der Waals surface area contributed by atoms with Gasteiger partial charge in [-0.05, 0) is 24.1 Å². The summed E-state index contributed by atoms with van der Waals surface area (Å²) in [6.07, 6.45) is -4.40. The van der Waals surface area contributed by atoms with Gasteiger partial charge in [0.05, 0.1) is 33.8 Å². The van der Waals surface area contributed by atoms with Gasteiger partial charge < -0.3 is 4.90 Å². The summed E-state index contributed by atoms with van der Waals surface area (Å²) >= 11 is 7.27. The van der Waals surface area contributed by atoms with Crippen molar-refractivity contribution < 1.29 is 26.4 Å². The fourth-order valence-electron chi connectivity index (χ4n) is 3.22. The Hall–Kier alpha value is -1.26. The molecule has 0 bridgehead atoms. The third kappa shape index (κ3) is 4.49. The lowest BCUT2D eigenvalue weighted by atomic mass is 10.1. The molecule has 0 aromatic heterocycles. The molecule has 5 nitrogen and oxygen atoms in total. The van der Waals surface area contributed by atoms with E-state index in [4.69, 9.17) is 11.6 Å². The summed E-state index contributed by atoms with van der Waals surface area (Å²) in [5.41, 5.74) is -0.904. The van der Waals surface area contributed by atoms with Gasteiger partial charge in [0, 0.05) is 11.7 Å². The summed E-state index contributed by atoms with van der Waals surface area (Å²) in [5, 5.41) is -0.194. The zero-order valence-electron chi connectivity index (χ0n) is 15.0. The minimum absolute atomic E-state index is 0.00434. The minimum atomic E-state index is -4.59. The van der Waals surface area contributed by atoms with Crippen molar-refractivity contribution >= 4 is 50.0 Å². The van der Waals surface area contributed by atoms with Crippen LogP contribution in [0.4, 0.5) is 18.9 Å². The lowest BCUT2D eigenvalue weighted by Crippen LogP contribution is -2.38. The van der Waals surface area contributed by atoms with E-state index in [0.29, 0.717) is 0 Å². The zero-order valence-corrected chi connectivity index (χ0v) is 17.4. The third-order valence-corrected chi connectivity index (χ3v) is 7.93. The second kappa shape index (κ2) is 7.53. The van der Waals surface area contributed by atoms with Gasteiger partial charge in [-0.25, -0.2) is 8.42 Å². The number of anilines is 1. The average Bonchev–Trinajstić information content (AvgIpc) is 2.97. The van der Waals surface area contributed by atoms with E-state index in [1.807, 2.05) is 13.8 Å². The van der Waals surface area contributed by atoms with Gasteiger partial charge in [0.15, 0.2) is 15.0 Å². The number of benzene rings is 1. The van der Waals surface area contributed by atoms with Crippen molar-refractivity contribution in [1.29, 1.82) is 0 Å². The van der Waals surface area contributed by atoms with E-state index >= 15 is 0 Å². The van der Waals surface area contributed by atoms with Crippen molar-refractivity contribution in [3.63, 3.8) is 0 Å². The number of halogens is 4. The highest BCUT2D eigenvalue weighted by atomic mass is 35.5. The minimum Gasteiger partial charge on any atom is -0.314 e. The molecule has 2 aliphatic rings. The number of nitrogens with zero attached hydrogens (tertiary/aromatic N) is 2. The van der Waals surface area contributed by atoms with Crippen molar-refractivity contribution in [1.82, 2.24) is 0 Å². The van der Waals surface area contributed by atoms with E-state index in [1.165, 1.54) is 4.90 Å². The highest BCUT2D eigenvalue weighted by Gasteiger charge is 2.50. The molecule has 3 rings (SSSR count). The molecule has 1 amide bonds. The Labute approximate surface area is 170 Å². The molecule has 2 heterocycles. The first-order chi connectivity index (χ1) is 12.9. The van der Waals surface area contributed by atoms with Gasteiger partial charge in [-0.2, -0.15) is 18.2 Å². The molecule has 154 valence electrons. The molecule has 2 aliphatic heterocycles. The summed E-state index contributed by atoms with van der Waals surface area (Å²) in [6.45, 7) is 3.70. The fraction of sp³-hybridized carbons (Fsp3) is 0.529. The molecule has 0 saturated carbocycles. The number of amides is 1. The Kier molecular flexibility index (Phi) is 5.77. The van der Waals surface area contributed by atoms with Gasteiger partial charge in [-0.15, -0.1) is 0 Å². The molecule has 0 radical (unpaired) electrons. The van der Waals surface area contributed by atoms with Gasteiger partial charge in [0.2, 0.25) is 5.91 Å². The highest BCUT2D eigenvalue weighted by molar-refractivity contribution is 8.16. The predicted octanol–water partition coefficient (Wildman–Crippen LogP) is 4.01. The summed E-state index contributed by atoms with van der Waals surface area (Å²) in [5.74, 6) is -0.691. The lowest BCUT2D eigenvalue weighted by molar-refractivity contribution is -0.137. The van der Waals surface area contributed by atoms with Crippen molar-refractivity contribution in [3.05, 3.63) is 28.8 Å². The summed E-state index contributed by atoms with van der Waals surface area (Å²) < 4.78 is 63.6. The monoisotopic (exact) mass is 454 g/mol. The Bertz CT molecular complexity index is 932. The number of amidine groups is 1. The number of fused-ring (bicyclic) bond motifs is 1. The van der Waals surface area contributed by atoms with Crippen LogP contribution in [0, 0.1) is 5.92 Å². The molecule has 11 heteroatoms. The number of carbonyl (C=O) groups is 1. The van der Waals surface area contributed by atoms with Crippen LogP contribution >= 0.6 is 23.4 Å². The SMILES string of the molecule is CC(C)CC(=O)N=C1SC2CS(=O)(=O)CC2N1c1cc(C(F)(F)F)ccc1Cl. The van der Waals surface area contributed by atoms with E-state index in [0.717, 1.165) is 30.0 Å². The smallest absolute Gasteiger partial charge is 0.314 e. The molecule has 1 aromatic rings. The second-order valence-corrected chi connectivity index (χ2v) is 11.0. The van der Waals surface area contributed by atoms with Crippen LogP contribution in [0.3, 0.4) is 0 Å². The Morgan fingerprint density at radius 2 is 2.04 bits per heavy atom. The number of carbonyl (C=O) groups excluding carboxylic acids is 1. The summed E-state index contributed by atoms with van der Waals surface area (Å²) in [6, 6.07) is 2.23. The first-order valence-electron chi connectivity index (χ1n) is 8.52. The van der Waals surface area contributed by atoms with E-state index in [-0.39, 0.29) is 39.7 Å². The molecular weight excluding hydrogens is 437 g/mol. The lowest BCUT2D eigenvalue weighted by Gasteiger charge is -2.26. The van der Waals surface area contributed by atoms with Crippen LogP contribution in [0.5, 0.6) is 0 Å². The first-order valence-corrected chi connectivity index (χ1v) is 11.6. The zero-order chi connectivity index (χ0) is 20.9. The average molecular weight is 455 g/mol. The summed E-state index contributed by atoms with van der Waals surface area (Å²) in [4.78, 5) is 17.6. The maximum atomic E-state index is 13.2. The van der Waals surface area contributed by atoms with E-state index in [9.17, 15) is 26.4 Å². The maximum absolute atomic E-state index is 13.2. The topological polar surface area (TPSA) is 66.8 Å². The van der Waals surface area contributed by atoms with Crippen LogP contribution in [-0.2, 0) is 20.8 Å². The molecule has 0 aliphatic carbocycles. The van der Waals surface area contributed by atoms with Crippen molar-refractivity contribution in [3.8, 4) is 0 Å². The van der Waals surface area contributed by atoms with Gasteiger partial charge >= 0.3 is 6.18 Å². The number of thioether (sulfide) groups is 1. The molecule has 2 saturated heterocycles. The van der Waals surface area contributed by atoms with Crippen LogP contribution in [-0.4, -0.2) is 42.3 Å². The van der Waals surface area contributed by atoms with Crippen molar-refractivity contribution in [2.45, 2.75) is 37.7 Å². The van der Waals surface area contributed by atoms with Crippen molar-refractivity contribution in [2.24, 2.45) is 10.9 Å². The fourth-order valence-corrected chi connectivity index (χ4v) is 7.35. The normalized spacial score (nSPS) is 25.5. The molecule has 0 N–H and O–H groups in total. The van der Waals surface area contributed by atoms with Crippen LogP contribution in [0.25, 0.3) is 0 Å². The maximum Gasteiger partial charge on any atom is 0.416 e. The van der Waals surface area contributed by atoms with E-state index in [1.54, 1.807) is 0 Å². The molecule has 0 spiro atoms. The number of sulfone groups is 1. The molecule has 1 aromatic carbocycles. The number of aliphatic imine (C=N–C) groups is 1. The number of alkyl halides is 3. The van der Waals surface area contributed by atoms with Gasteiger partial charge in [0.1, 0.15) is 0 Å². The Morgan fingerprint density at radius 1 is 1.36 bits per heavy atom. The number of rotatable bonds is 3. The molecule has 28 heavy (non-hydrogen) atoms. The largest absolute Gasteiger partial charge is 0.416 e. The van der Waals surface area contributed by atoms with Crippen LogP contribution in [0.15, 0.2) is 23.2 Å². The Morgan fingerprint density at radius 3 is 2.64 bits per heavy atom. The predicted molar refractivity (Wildman–Crippen MR) is 105 cm³/mol. The standard InChI is InChI=1S/C17H18ClF3N2O3S2/c1-9(2)5-15(24)22-16-23(13-7-28(25,26)8-14(13)27-16)12-6-10(17(19,20)21)3-4-11(12)18/h3-4,6,9,13-14H,5,7-8H2,1-2H3. The van der Waals surface area contributed by atoms with E-state index in [2.05, 4.69) is 4.99 Å². The van der Waals surface area contributed by atoms with Gasteiger partial charge in [-0.1, -0.05) is 37.2 Å².